The Morgan fingerprint density at radius 1 is 1.06 bits per heavy atom. The fourth-order valence-electron chi connectivity index (χ4n) is 3.68. The topological polar surface area (TPSA) is 104 Å². The smallest absolute Gasteiger partial charge is 0.286 e. The fourth-order valence-corrected chi connectivity index (χ4v) is 4.39. The van der Waals surface area contributed by atoms with E-state index in [1.165, 1.54) is 12.1 Å². The molecule has 1 aliphatic rings. The lowest BCUT2D eigenvalue weighted by molar-refractivity contribution is -0.126. The van der Waals surface area contributed by atoms with E-state index in [1.807, 2.05) is 19.1 Å². The molecule has 10 heteroatoms. The third kappa shape index (κ3) is 5.82. The SMILES string of the molecule is Cc1ccc(NC(=O)c2nnc(C(=O)N3CCC(C(=O)NCc4cccc(F)c4)CC3)s2)cc1. The summed E-state index contributed by atoms with van der Waals surface area (Å²) in [6.45, 7) is 3.02. The molecule has 1 aromatic heterocycles. The van der Waals surface area contributed by atoms with Gasteiger partial charge in [0.15, 0.2) is 0 Å². The van der Waals surface area contributed by atoms with Gasteiger partial charge < -0.3 is 15.5 Å². The van der Waals surface area contributed by atoms with Crippen LogP contribution < -0.4 is 10.6 Å². The molecule has 3 amide bonds. The molecule has 0 aliphatic carbocycles. The van der Waals surface area contributed by atoms with Gasteiger partial charge in [0.2, 0.25) is 15.9 Å². The highest BCUT2D eigenvalue weighted by Gasteiger charge is 2.29. The number of hydrogen-bond acceptors (Lipinski definition) is 6. The van der Waals surface area contributed by atoms with Crippen LogP contribution in [0.15, 0.2) is 48.5 Å². The van der Waals surface area contributed by atoms with Crippen LogP contribution in [-0.2, 0) is 11.3 Å². The van der Waals surface area contributed by atoms with Crippen molar-refractivity contribution in [1.29, 1.82) is 0 Å². The predicted molar refractivity (Wildman–Crippen MR) is 126 cm³/mol. The van der Waals surface area contributed by atoms with Crippen LogP contribution in [0.25, 0.3) is 0 Å². The van der Waals surface area contributed by atoms with Crippen molar-refractivity contribution in [3.8, 4) is 0 Å². The monoisotopic (exact) mass is 481 g/mol. The van der Waals surface area contributed by atoms with Gasteiger partial charge in [-0.1, -0.05) is 41.2 Å². The quantitative estimate of drug-likeness (QED) is 0.562. The summed E-state index contributed by atoms with van der Waals surface area (Å²) in [5.74, 6) is -1.39. The van der Waals surface area contributed by atoms with E-state index in [9.17, 15) is 18.8 Å². The molecule has 2 aromatic carbocycles. The van der Waals surface area contributed by atoms with Crippen LogP contribution in [0.5, 0.6) is 0 Å². The van der Waals surface area contributed by atoms with Gasteiger partial charge in [0.25, 0.3) is 11.8 Å². The number of likely N-dealkylation sites (tertiary alicyclic amines) is 1. The zero-order valence-corrected chi connectivity index (χ0v) is 19.4. The lowest BCUT2D eigenvalue weighted by Crippen LogP contribution is -2.42. The molecule has 34 heavy (non-hydrogen) atoms. The van der Waals surface area contributed by atoms with Gasteiger partial charge in [0.1, 0.15) is 5.82 Å². The summed E-state index contributed by atoms with van der Waals surface area (Å²) in [6.07, 6.45) is 1.03. The standard InChI is InChI=1S/C24H24FN5O3S/c1-15-5-7-19(8-6-15)27-21(32)22-28-29-23(34-22)24(33)30-11-9-17(10-12-30)20(31)26-14-16-3-2-4-18(25)13-16/h2-8,13,17H,9-12,14H2,1H3,(H,26,31)(H,27,32). The Kier molecular flexibility index (Phi) is 7.27. The molecule has 1 aliphatic heterocycles. The molecule has 2 N–H and O–H groups in total. The first-order chi connectivity index (χ1) is 16.4. The van der Waals surface area contributed by atoms with E-state index in [0.717, 1.165) is 16.9 Å². The Morgan fingerprint density at radius 2 is 1.76 bits per heavy atom. The zero-order valence-electron chi connectivity index (χ0n) is 18.6. The van der Waals surface area contributed by atoms with Crippen LogP contribution in [0.1, 0.15) is 43.6 Å². The van der Waals surface area contributed by atoms with Gasteiger partial charge in [-0.3, -0.25) is 14.4 Å². The molecule has 1 fully saturated rings. The van der Waals surface area contributed by atoms with Gasteiger partial charge in [-0.25, -0.2) is 4.39 Å². The third-order valence-electron chi connectivity index (χ3n) is 5.62. The molecule has 2 heterocycles. The van der Waals surface area contributed by atoms with E-state index in [2.05, 4.69) is 20.8 Å². The Bertz CT molecular complexity index is 1190. The summed E-state index contributed by atoms with van der Waals surface area (Å²) in [7, 11) is 0. The van der Waals surface area contributed by atoms with Crippen molar-refractivity contribution in [1.82, 2.24) is 20.4 Å². The minimum absolute atomic E-state index is 0.107. The minimum atomic E-state index is -0.422. The van der Waals surface area contributed by atoms with Crippen molar-refractivity contribution < 1.29 is 18.8 Å². The molecule has 0 spiro atoms. The number of benzene rings is 2. The maximum Gasteiger partial charge on any atom is 0.286 e. The Balaban J connectivity index is 1.27. The summed E-state index contributed by atoms with van der Waals surface area (Å²) >= 11 is 0.944. The van der Waals surface area contributed by atoms with Gasteiger partial charge in [-0.15, -0.1) is 10.2 Å². The van der Waals surface area contributed by atoms with Crippen LogP contribution >= 0.6 is 11.3 Å². The number of anilines is 1. The largest absolute Gasteiger partial charge is 0.352 e. The molecule has 4 rings (SSSR count). The number of aromatic nitrogens is 2. The maximum atomic E-state index is 13.3. The van der Waals surface area contributed by atoms with Gasteiger partial charge in [-0.05, 0) is 49.6 Å². The Hall–Kier alpha value is -3.66. The Labute approximate surface area is 200 Å². The number of nitrogens with one attached hydrogen (secondary N) is 2. The lowest BCUT2D eigenvalue weighted by Gasteiger charge is -2.30. The van der Waals surface area contributed by atoms with Crippen molar-refractivity contribution in [3.63, 3.8) is 0 Å². The van der Waals surface area contributed by atoms with Crippen LogP contribution in [0.4, 0.5) is 10.1 Å². The number of aryl methyl sites for hydroxylation is 1. The first kappa shape index (κ1) is 23.5. The average Bonchev–Trinajstić information content (AvgIpc) is 3.34. The fraction of sp³-hybridized carbons (Fsp3) is 0.292. The molecule has 0 saturated carbocycles. The molecule has 176 valence electrons. The summed E-state index contributed by atoms with van der Waals surface area (Å²) in [6, 6.07) is 13.5. The molecule has 0 unspecified atom stereocenters. The van der Waals surface area contributed by atoms with Crippen LogP contribution in [-0.4, -0.2) is 45.9 Å². The van der Waals surface area contributed by atoms with Crippen LogP contribution in [0.3, 0.4) is 0 Å². The van der Waals surface area contributed by atoms with E-state index in [0.29, 0.717) is 37.2 Å². The van der Waals surface area contributed by atoms with E-state index in [1.54, 1.807) is 29.2 Å². The van der Waals surface area contributed by atoms with Crippen molar-refractivity contribution in [2.75, 3.05) is 18.4 Å². The number of piperidine rings is 1. The highest BCUT2D eigenvalue weighted by molar-refractivity contribution is 7.15. The molecule has 8 nitrogen and oxygen atoms in total. The van der Waals surface area contributed by atoms with Crippen LogP contribution in [0.2, 0.25) is 0 Å². The molecule has 3 aromatic rings. The van der Waals surface area contributed by atoms with Crippen molar-refractivity contribution in [2.24, 2.45) is 5.92 Å². The summed E-state index contributed by atoms with van der Waals surface area (Å²) in [5.41, 5.74) is 2.41. The minimum Gasteiger partial charge on any atom is -0.352 e. The summed E-state index contributed by atoms with van der Waals surface area (Å²) < 4.78 is 13.3. The van der Waals surface area contributed by atoms with Crippen LogP contribution in [0, 0.1) is 18.7 Å². The van der Waals surface area contributed by atoms with Crippen molar-refractivity contribution in [3.05, 3.63) is 75.5 Å². The van der Waals surface area contributed by atoms with E-state index >= 15 is 0 Å². The average molecular weight is 482 g/mol. The maximum absolute atomic E-state index is 13.3. The number of rotatable bonds is 6. The molecular weight excluding hydrogens is 457 g/mol. The second kappa shape index (κ2) is 10.5. The second-order valence-electron chi connectivity index (χ2n) is 8.15. The number of halogens is 1. The van der Waals surface area contributed by atoms with E-state index in [-0.39, 0.29) is 40.1 Å². The number of nitrogens with zero attached hydrogens (tertiary/aromatic N) is 3. The van der Waals surface area contributed by atoms with E-state index in [4.69, 9.17) is 0 Å². The summed E-state index contributed by atoms with van der Waals surface area (Å²) in [5, 5.41) is 13.6. The summed E-state index contributed by atoms with van der Waals surface area (Å²) in [4.78, 5) is 39.3. The first-order valence-corrected chi connectivity index (χ1v) is 11.7. The van der Waals surface area contributed by atoms with E-state index < -0.39 is 5.91 Å². The predicted octanol–water partition coefficient (Wildman–Crippen LogP) is 3.41. The number of hydrogen-bond donors (Lipinski definition) is 2. The van der Waals surface area contributed by atoms with Gasteiger partial charge >= 0.3 is 0 Å². The molecule has 0 atom stereocenters. The number of carbonyl (C=O) groups is 3. The molecule has 0 radical (unpaired) electrons. The highest BCUT2D eigenvalue weighted by Crippen LogP contribution is 2.21. The third-order valence-corrected chi connectivity index (χ3v) is 6.53. The Morgan fingerprint density at radius 3 is 2.47 bits per heavy atom. The molecule has 1 saturated heterocycles. The van der Waals surface area contributed by atoms with Gasteiger partial charge in [0, 0.05) is 31.2 Å². The van der Waals surface area contributed by atoms with Gasteiger partial charge in [0.05, 0.1) is 0 Å². The van der Waals surface area contributed by atoms with Crippen molar-refractivity contribution in [2.45, 2.75) is 26.3 Å². The zero-order chi connectivity index (χ0) is 24.1. The second-order valence-corrected chi connectivity index (χ2v) is 9.12. The van der Waals surface area contributed by atoms with Gasteiger partial charge in [-0.2, -0.15) is 0 Å². The first-order valence-electron chi connectivity index (χ1n) is 10.9. The normalized spacial score (nSPS) is 14.0. The number of amides is 3. The highest BCUT2D eigenvalue weighted by atomic mass is 32.1. The number of carbonyl (C=O) groups excluding carboxylic acids is 3. The van der Waals surface area contributed by atoms with Crippen molar-refractivity contribution >= 4 is 34.7 Å². The molecule has 0 bridgehead atoms. The lowest BCUT2D eigenvalue weighted by atomic mass is 9.95. The molecular formula is C24H24FN5O3S.